The van der Waals surface area contributed by atoms with Crippen LogP contribution in [0.15, 0.2) is 35.7 Å². The van der Waals surface area contributed by atoms with Crippen molar-refractivity contribution in [3.8, 4) is 10.6 Å². The zero-order valence-electron chi connectivity index (χ0n) is 14.4. The topological polar surface area (TPSA) is 84.2 Å². The number of thiophene rings is 1. The van der Waals surface area contributed by atoms with Crippen LogP contribution in [0.3, 0.4) is 0 Å². The number of amides is 1. The van der Waals surface area contributed by atoms with E-state index in [4.69, 9.17) is 12.2 Å². The van der Waals surface area contributed by atoms with E-state index in [0.717, 1.165) is 32.6 Å². The van der Waals surface area contributed by atoms with Crippen LogP contribution in [-0.4, -0.2) is 30.8 Å². The lowest BCUT2D eigenvalue weighted by Gasteiger charge is -2.13. The molecule has 7 nitrogen and oxygen atoms in total. The van der Waals surface area contributed by atoms with Crippen molar-refractivity contribution in [3.05, 3.63) is 52.0 Å². The third-order valence-electron chi connectivity index (χ3n) is 3.93. The van der Waals surface area contributed by atoms with E-state index in [-0.39, 0.29) is 11.0 Å². The van der Waals surface area contributed by atoms with E-state index >= 15 is 0 Å². The van der Waals surface area contributed by atoms with E-state index in [0.29, 0.717) is 4.88 Å². The highest BCUT2D eigenvalue weighted by Crippen LogP contribution is 2.31. The summed E-state index contributed by atoms with van der Waals surface area (Å²) in [6, 6.07) is 9.41. The molecule has 0 saturated carbocycles. The van der Waals surface area contributed by atoms with Gasteiger partial charge in [-0.05, 0) is 49.1 Å². The Morgan fingerprint density at radius 1 is 1.19 bits per heavy atom. The van der Waals surface area contributed by atoms with Crippen LogP contribution in [0.5, 0.6) is 0 Å². The number of aromatic nitrogens is 4. The normalized spacial score (nSPS) is 10.9. The molecule has 0 spiro atoms. The van der Waals surface area contributed by atoms with Gasteiger partial charge in [0.1, 0.15) is 5.01 Å². The average Bonchev–Trinajstić information content (AvgIpc) is 3.36. The molecule has 0 atom stereocenters. The minimum Gasteiger partial charge on any atom is -0.332 e. The van der Waals surface area contributed by atoms with Gasteiger partial charge in [-0.15, -0.1) is 21.5 Å². The van der Waals surface area contributed by atoms with Gasteiger partial charge in [0.2, 0.25) is 4.96 Å². The third-order valence-corrected chi connectivity index (χ3v) is 5.94. The molecule has 4 aromatic rings. The maximum Gasteiger partial charge on any atom is 0.267 e. The number of thiocarbonyl (C=S) groups is 1. The number of rotatable bonds is 3. The molecule has 0 aliphatic heterocycles. The largest absolute Gasteiger partial charge is 0.332 e. The lowest BCUT2D eigenvalue weighted by Crippen LogP contribution is -2.33. The van der Waals surface area contributed by atoms with Crippen LogP contribution in [0, 0.1) is 13.8 Å². The number of benzene rings is 1. The Kier molecular flexibility index (Phi) is 4.68. The van der Waals surface area contributed by atoms with Crippen molar-refractivity contribution in [3.63, 3.8) is 0 Å². The van der Waals surface area contributed by atoms with E-state index < -0.39 is 0 Å². The lowest BCUT2D eigenvalue weighted by molar-refractivity contribution is 0.0981. The Morgan fingerprint density at radius 3 is 2.78 bits per heavy atom. The number of hydrogen-bond acceptors (Lipinski definition) is 7. The van der Waals surface area contributed by atoms with Crippen LogP contribution >= 0.6 is 34.9 Å². The van der Waals surface area contributed by atoms with E-state index in [2.05, 4.69) is 25.9 Å². The van der Waals surface area contributed by atoms with Gasteiger partial charge in [-0.25, -0.2) is 0 Å². The van der Waals surface area contributed by atoms with Gasteiger partial charge in [0, 0.05) is 11.3 Å². The fourth-order valence-corrected chi connectivity index (χ4v) is 4.34. The van der Waals surface area contributed by atoms with Crippen LogP contribution in [0.1, 0.15) is 21.1 Å². The van der Waals surface area contributed by atoms with Crippen molar-refractivity contribution >= 4 is 56.6 Å². The van der Waals surface area contributed by atoms with Gasteiger partial charge in [0.05, 0.1) is 4.88 Å². The summed E-state index contributed by atoms with van der Waals surface area (Å²) in [7, 11) is 0. The summed E-state index contributed by atoms with van der Waals surface area (Å²) in [5.41, 5.74) is 2.77. The predicted molar refractivity (Wildman–Crippen MR) is 112 cm³/mol. The maximum absolute atomic E-state index is 12.1. The van der Waals surface area contributed by atoms with E-state index in [1.54, 1.807) is 10.6 Å². The summed E-state index contributed by atoms with van der Waals surface area (Å²) >= 11 is 8.13. The highest BCUT2D eigenvalue weighted by atomic mass is 32.1. The van der Waals surface area contributed by atoms with Gasteiger partial charge >= 0.3 is 0 Å². The molecule has 1 amide bonds. The number of carbonyl (C=O) groups is 1. The van der Waals surface area contributed by atoms with E-state index in [1.165, 1.54) is 22.7 Å². The molecule has 1 aromatic carbocycles. The second-order valence-electron chi connectivity index (χ2n) is 5.71. The SMILES string of the molecule is Cc1c(NC(=S)NC(=O)c2cccs2)cccc1-c1nn2c(C)nnc2s1. The van der Waals surface area contributed by atoms with E-state index in [9.17, 15) is 4.79 Å². The molecular formula is C17H14N6OS3. The molecule has 0 bridgehead atoms. The number of hydrogen-bond donors (Lipinski definition) is 2. The minimum atomic E-state index is -0.222. The Balaban J connectivity index is 1.56. The molecule has 10 heteroatoms. The minimum absolute atomic E-state index is 0.222. The molecule has 136 valence electrons. The van der Waals surface area contributed by atoms with Gasteiger partial charge < -0.3 is 5.32 Å². The Hall–Kier alpha value is -2.69. The number of fused-ring (bicyclic) bond motifs is 1. The Morgan fingerprint density at radius 2 is 2.04 bits per heavy atom. The van der Waals surface area contributed by atoms with Crippen molar-refractivity contribution in [2.45, 2.75) is 13.8 Å². The average molecular weight is 415 g/mol. The Bertz CT molecular complexity index is 1150. The quantitative estimate of drug-likeness (QED) is 0.498. The summed E-state index contributed by atoms with van der Waals surface area (Å²) < 4.78 is 1.73. The molecule has 4 rings (SSSR count). The lowest BCUT2D eigenvalue weighted by atomic mass is 10.1. The first kappa shape index (κ1) is 17.7. The first-order chi connectivity index (χ1) is 13.0. The second-order valence-corrected chi connectivity index (χ2v) is 8.02. The maximum atomic E-state index is 12.1. The predicted octanol–water partition coefficient (Wildman–Crippen LogP) is 3.66. The zero-order chi connectivity index (χ0) is 19.0. The molecule has 0 aliphatic rings. The zero-order valence-corrected chi connectivity index (χ0v) is 16.8. The van der Waals surface area contributed by atoms with Gasteiger partial charge in [-0.1, -0.05) is 29.5 Å². The van der Waals surface area contributed by atoms with Crippen molar-refractivity contribution < 1.29 is 4.79 Å². The molecule has 0 fully saturated rings. The number of aryl methyl sites for hydroxylation is 1. The van der Waals surface area contributed by atoms with Gasteiger partial charge in [0.25, 0.3) is 5.91 Å². The fraction of sp³-hybridized carbons (Fsp3) is 0.118. The van der Waals surface area contributed by atoms with Crippen LogP contribution < -0.4 is 10.6 Å². The highest BCUT2D eigenvalue weighted by molar-refractivity contribution is 7.80. The van der Waals surface area contributed by atoms with Gasteiger partial charge in [0.15, 0.2) is 10.9 Å². The van der Waals surface area contributed by atoms with Gasteiger partial charge in [-0.2, -0.15) is 9.61 Å². The molecule has 2 N–H and O–H groups in total. The smallest absolute Gasteiger partial charge is 0.267 e. The monoisotopic (exact) mass is 414 g/mol. The van der Waals surface area contributed by atoms with Crippen molar-refractivity contribution in [2.24, 2.45) is 0 Å². The number of nitrogens with zero attached hydrogens (tertiary/aromatic N) is 4. The number of carbonyl (C=O) groups excluding carboxylic acids is 1. The summed E-state index contributed by atoms with van der Waals surface area (Å²) in [5, 5.41) is 21.4. The number of nitrogens with one attached hydrogen (secondary N) is 2. The first-order valence-corrected chi connectivity index (χ1v) is 10.1. The molecule has 0 aliphatic carbocycles. The first-order valence-electron chi connectivity index (χ1n) is 7.97. The molecule has 0 unspecified atom stereocenters. The number of anilines is 1. The molecule has 3 aromatic heterocycles. The molecule has 0 radical (unpaired) electrons. The summed E-state index contributed by atoms with van der Waals surface area (Å²) in [6.45, 7) is 3.85. The summed E-state index contributed by atoms with van der Waals surface area (Å²) in [4.78, 5) is 13.5. The van der Waals surface area contributed by atoms with Gasteiger partial charge in [-0.3, -0.25) is 10.1 Å². The van der Waals surface area contributed by atoms with Crippen LogP contribution in [0.2, 0.25) is 0 Å². The van der Waals surface area contributed by atoms with Crippen LogP contribution in [-0.2, 0) is 0 Å². The highest BCUT2D eigenvalue weighted by Gasteiger charge is 2.15. The third kappa shape index (κ3) is 3.46. The van der Waals surface area contributed by atoms with Crippen molar-refractivity contribution in [2.75, 3.05) is 5.32 Å². The Labute approximate surface area is 168 Å². The molecule has 3 heterocycles. The fourth-order valence-electron chi connectivity index (χ4n) is 2.55. The molecule has 0 saturated heterocycles. The summed E-state index contributed by atoms with van der Waals surface area (Å²) in [5.74, 6) is 0.525. The molecular weight excluding hydrogens is 400 g/mol. The molecule has 27 heavy (non-hydrogen) atoms. The standard InChI is InChI=1S/C17H14N6OS3/c1-9-11(15-22-23-10(2)20-21-17(23)27-15)5-3-6-12(9)18-16(25)19-14(24)13-7-4-8-26-13/h3-8H,1-2H3,(H2,18,19,24,25). The summed E-state index contributed by atoms with van der Waals surface area (Å²) in [6.07, 6.45) is 0. The van der Waals surface area contributed by atoms with Crippen molar-refractivity contribution in [1.29, 1.82) is 0 Å². The van der Waals surface area contributed by atoms with Crippen molar-refractivity contribution in [1.82, 2.24) is 25.1 Å². The second kappa shape index (κ2) is 7.14. The van der Waals surface area contributed by atoms with Crippen LogP contribution in [0.25, 0.3) is 15.5 Å². The van der Waals surface area contributed by atoms with E-state index in [1.807, 2.05) is 43.5 Å². The van der Waals surface area contributed by atoms with Crippen LogP contribution in [0.4, 0.5) is 5.69 Å².